The fourth-order valence-electron chi connectivity index (χ4n) is 2.64. The highest BCUT2D eigenvalue weighted by Crippen LogP contribution is 2.23. The largest absolute Gasteiger partial charge is 0.312 e. The summed E-state index contributed by atoms with van der Waals surface area (Å²) in [6, 6.07) is 9.73. The van der Waals surface area contributed by atoms with E-state index in [9.17, 15) is 0 Å². The molecule has 2 unspecified atom stereocenters. The first-order chi connectivity index (χ1) is 9.22. The second-order valence-corrected chi connectivity index (χ2v) is 7.09. The van der Waals surface area contributed by atoms with Gasteiger partial charge in [-0.25, -0.2) is 0 Å². The number of benzene rings is 1. The van der Waals surface area contributed by atoms with Crippen LogP contribution in [-0.4, -0.2) is 48.6 Å². The number of thioether (sulfide) groups is 1. The number of nitrogens with one attached hydrogen (secondary N) is 1. The normalized spacial score (nSPS) is 22.4. The second kappa shape index (κ2) is 7.67. The van der Waals surface area contributed by atoms with Gasteiger partial charge in [-0.15, -0.1) is 0 Å². The van der Waals surface area contributed by atoms with E-state index in [2.05, 4.69) is 76.1 Å². The van der Waals surface area contributed by atoms with Gasteiger partial charge in [0.15, 0.2) is 0 Å². The van der Waals surface area contributed by atoms with Gasteiger partial charge in [0.05, 0.1) is 0 Å². The standard InChI is InChI=1S/C15H23BrN2S/c1-3-17-14(15-11-19-9-8-18(15)2)10-12-6-4-5-7-13(12)16/h4-7,14-15,17H,3,8-11H2,1-2H3. The van der Waals surface area contributed by atoms with Gasteiger partial charge in [-0.05, 0) is 31.6 Å². The molecule has 1 aliphatic rings. The Labute approximate surface area is 129 Å². The third kappa shape index (κ3) is 4.22. The lowest BCUT2D eigenvalue weighted by atomic mass is 9.99. The highest BCUT2D eigenvalue weighted by Gasteiger charge is 2.27. The molecule has 1 aromatic rings. The molecular weight excluding hydrogens is 320 g/mol. The Bertz CT molecular complexity index is 399. The minimum Gasteiger partial charge on any atom is -0.312 e. The van der Waals surface area contributed by atoms with Crippen LogP contribution in [0, 0.1) is 0 Å². The monoisotopic (exact) mass is 342 g/mol. The molecule has 2 nitrogen and oxygen atoms in total. The van der Waals surface area contributed by atoms with Crippen molar-refractivity contribution >= 4 is 27.7 Å². The van der Waals surface area contributed by atoms with E-state index < -0.39 is 0 Å². The van der Waals surface area contributed by atoms with Gasteiger partial charge in [-0.1, -0.05) is 41.1 Å². The first-order valence-corrected chi connectivity index (χ1v) is 8.92. The van der Waals surface area contributed by atoms with Gasteiger partial charge in [0, 0.05) is 34.6 Å². The van der Waals surface area contributed by atoms with Crippen molar-refractivity contribution in [2.24, 2.45) is 0 Å². The first kappa shape index (κ1) is 15.4. The van der Waals surface area contributed by atoms with E-state index in [4.69, 9.17) is 0 Å². The number of rotatable bonds is 5. The molecule has 0 aliphatic carbocycles. The van der Waals surface area contributed by atoms with Crippen molar-refractivity contribution in [3.8, 4) is 0 Å². The molecule has 2 rings (SSSR count). The zero-order chi connectivity index (χ0) is 13.7. The van der Waals surface area contributed by atoms with Crippen molar-refractivity contribution < 1.29 is 0 Å². The van der Waals surface area contributed by atoms with Gasteiger partial charge < -0.3 is 10.2 Å². The maximum absolute atomic E-state index is 3.68. The molecule has 0 amide bonds. The Hall–Kier alpha value is -0.0300. The quantitative estimate of drug-likeness (QED) is 0.885. The first-order valence-electron chi connectivity index (χ1n) is 6.97. The summed E-state index contributed by atoms with van der Waals surface area (Å²) in [4.78, 5) is 2.51. The van der Waals surface area contributed by atoms with Crippen molar-refractivity contribution in [2.75, 3.05) is 31.6 Å². The zero-order valence-corrected chi connectivity index (χ0v) is 14.1. The van der Waals surface area contributed by atoms with E-state index in [0.29, 0.717) is 12.1 Å². The van der Waals surface area contributed by atoms with Gasteiger partial charge >= 0.3 is 0 Å². The van der Waals surface area contributed by atoms with E-state index in [-0.39, 0.29) is 0 Å². The van der Waals surface area contributed by atoms with E-state index in [1.165, 1.54) is 28.1 Å². The van der Waals surface area contributed by atoms with Crippen LogP contribution in [0.5, 0.6) is 0 Å². The van der Waals surface area contributed by atoms with E-state index in [1.54, 1.807) is 0 Å². The van der Waals surface area contributed by atoms with Crippen LogP contribution < -0.4 is 5.32 Å². The van der Waals surface area contributed by atoms with Crippen molar-refractivity contribution in [3.63, 3.8) is 0 Å². The van der Waals surface area contributed by atoms with Crippen molar-refractivity contribution in [1.82, 2.24) is 10.2 Å². The highest BCUT2D eigenvalue weighted by molar-refractivity contribution is 9.10. The maximum atomic E-state index is 3.68. The van der Waals surface area contributed by atoms with Crippen LogP contribution in [0.2, 0.25) is 0 Å². The average Bonchev–Trinajstić information content (AvgIpc) is 2.41. The fraction of sp³-hybridized carbons (Fsp3) is 0.600. The summed E-state index contributed by atoms with van der Waals surface area (Å²) in [6.45, 7) is 4.43. The van der Waals surface area contributed by atoms with Crippen LogP contribution in [0.25, 0.3) is 0 Å². The molecule has 106 valence electrons. The van der Waals surface area contributed by atoms with Crippen LogP contribution in [-0.2, 0) is 6.42 Å². The molecule has 1 heterocycles. The Morgan fingerprint density at radius 1 is 1.47 bits per heavy atom. The summed E-state index contributed by atoms with van der Waals surface area (Å²) in [5.41, 5.74) is 1.40. The minimum absolute atomic E-state index is 0.529. The predicted octanol–water partition coefficient (Wildman–Crippen LogP) is 3.02. The van der Waals surface area contributed by atoms with Gasteiger partial charge in [0.25, 0.3) is 0 Å². The van der Waals surface area contributed by atoms with Crippen LogP contribution in [0.4, 0.5) is 0 Å². The van der Waals surface area contributed by atoms with E-state index in [0.717, 1.165) is 13.0 Å². The number of halogens is 1. The molecule has 0 bridgehead atoms. The molecule has 1 aliphatic heterocycles. The van der Waals surface area contributed by atoms with E-state index >= 15 is 0 Å². The summed E-state index contributed by atoms with van der Waals surface area (Å²) < 4.78 is 1.23. The van der Waals surface area contributed by atoms with Gasteiger partial charge in [0.1, 0.15) is 0 Å². The van der Waals surface area contributed by atoms with E-state index in [1.807, 2.05) is 0 Å². The summed E-state index contributed by atoms with van der Waals surface area (Å²) in [7, 11) is 2.26. The molecule has 0 saturated carbocycles. The molecule has 1 saturated heterocycles. The average molecular weight is 343 g/mol. The van der Waals surface area contributed by atoms with Crippen LogP contribution in [0.3, 0.4) is 0 Å². The molecule has 0 spiro atoms. The lowest BCUT2D eigenvalue weighted by Gasteiger charge is -2.38. The third-order valence-electron chi connectivity index (χ3n) is 3.77. The molecule has 2 atom stereocenters. The number of hydrogen-bond acceptors (Lipinski definition) is 3. The molecule has 1 fully saturated rings. The molecule has 1 aromatic carbocycles. The topological polar surface area (TPSA) is 15.3 Å². The number of likely N-dealkylation sites (N-methyl/N-ethyl adjacent to an activating group) is 2. The van der Waals surface area contributed by atoms with Crippen molar-refractivity contribution in [3.05, 3.63) is 34.3 Å². The summed E-state index contributed by atoms with van der Waals surface area (Å²) in [5.74, 6) is 2.50. The predicted molar refractivity (Wildman–Crippen MR) is 89.1 cm³/mol. The molecule has 0 radical (unpaired) electrons. The smallest absolute Gasteiger partial charge is 0.0340 e. The lowest BCUT2D eigenvalue weighted by molar-refractivity contribution is 0.215. The van der Waals surface area contributed by atoms with Gasteiger partial charge in [-0.3, -0.25) is 0 Å². The second-order valence-electron chi connectivity index (χ2n) is 5.08. The van der Waals surface area contributed by atoms with Crippen LogP contribution in [0.1, 0.15) is 12.5 Å². The number of hydrogen-bond donors (Lipinski definition) is 1. The Kier molecular flexibility index (Phi) is 6.20. The Morgan fingerprint density at radius 3 is 2.95 bits per heavy atom. The SMILES string of the molecule is CCNC(Cc1ccccc1Br)C1CSCCN1C. The summed E-state index contributed by atoms with van der Waals surface area (Å²) in [6.07, 6.45) is 1.09. The van der Waals surface area contributed by atoms with Gasteiger partial charge in [0.2, 0.25) is 0 Å². The van der Waals surface area contributed by atoms with Crippen LogP contribution >= 0.6 is 27.7 Å². The maximum Gasteiger partial charge on any atom is 0.0340 e. The Balaban J connectivity index is 2.09. The van der Waals surface area contributed by atoms with Crippen LogP contribution in [0.15, 0.2) is 28.7 Å². The van der Waals surface area contributed by atoms with Crippen molar-refractivity contribution in [1.29, 1.82) is 0 Å². The lowest BCUT2D eigenvalue weighted by Crippen LogP contribution is -2.53. The zero-order valence-electron chi connectivity index (χ0n) is 11.7. The number of nitrogens with zero attached hydrogens (tertiary/aromatic N) is 1. The summed E-state index contributed by atoms with van der Waals surface area (Å²) >= 11 is 5.75. The molecule has 0 aromatic heterocycles. The Morgan fingerprint density at radius 2 is 2.26 bits per heavy atom. The molecular formula is C15H23BrN2S. The summed E-state index contributed by atoms with van der Waals surface area (Å²) in [5, 5.41) is 3.68. The van der Waals surface area contributed by atoms with Gasteiger partial charge in [-0.2, -0.15) is 11.8 Å². The highest BCUT2D eigenvalue weighted by atomic mass is 79.9. The molecule has 1 N–H and O–H groups in total. The molecule has 4 heteroatoms. The third-order valence-corrected chi connectivity index (χ3v) is 5.59. The van der Waals surface area contributed by atoms with Crippen molar-refractivity contribution in [2.45, 2.75) is 25.4 Å². The minimum atomic E-state index is 0.529. The fourth-order valence-corrected chi connectivity index (χ4v) is 4.39. The molecule has 19 heavy (non-hydrogen) atoms.